The van der Waals surface area contributed by atoms with Crippen molar-refractivity contribution in [3.63, 3.8) is 0 Å². The molecule has 3 atom stereocenters. The van der Waals surface area contributed by atoms with Crippen molar-refractivity contribution in [1.82, 2.24) is 20.4 Å². The van der Waals surface area contributed by atoms with Crippen molar-refractivity contribution in [3.05, 3.63) is 65.2 Å². The number of phenolic OH excluding ortho intramolecular Hbond substituents is 1. The Kier molecular flexibility index (Phi) is 10.5. The molecule has 0 saturated carbocycles. The fourth-order valence-corrected chi connectivity index (χ4v) is 5.31. The number of nitrogens with zero attached hydrogens (tertiary/aromatic N) is 2. The van der Waals surface area contributed by atoms with Crippen LogP contribution in [0.4, 0.5) is 8.78 Å². The van der Waals surface area contributed by atoms with Gasteiger partial charge in [0.25, 0.3) is 17.7 Å². The minimum atomic E-state index is -3.32. The first-order valence-corrected chi connectivity index (χ1v) is 14.1. The van der Waals surface area contributed by atoms with Crippen molar-refractivity contribution >= 4 is 17.7 Å². The molecule has 0 spiro atoms. The van der Waals surface area contributed by atoms with E-state index < -0.39 is 54.8 Å². The molecule has 3 amide bonds. The average Bonchev–Trinajstić information content (AvgIpc) is 3.32. The molecule has 4 rings (SSSR count). The number of likely N-dealkylation sites (tertiary alicyclic amines) is 1. The number of carbonyl (C=O) groups is 3. The summed E-state index contributed by atoms with van der Waals surface area (Å²) in [4.78, 5) is 42.5. The molecule has 0 aliphatic carbocycles. The van der Waals surface area contributed by atoms with Crippen LogP contribution >= 0.6 is 0 Å². The Morgan fingerprint density at radius 2 is 1.81 bits per heavy atom. The molecule has 2 fully saturated rings. The number of aliphatic hydroxyl groups is 1. The number of halogens is 2. The van der Waals surface area contributed by atoms with Crippen molar-refractivity contribution in [2.45, 2.75) is 50.3 Å². The quantitative estimate of drug-likeness (QED) is 0.293. The predicted molar refractivity (Wildman–Crippen MR) is 150 cm³/mol. The van der Waals surface area contributed by atoms with Gasteiger partial charge in [-0.3, -0.25) is 19.3 Å². The maximum Gasteiger partial charge on any atom is 0.267 e. The fourth-order valence-electron chi connectivity index (χ4n) is 5.31. The van der Waals surface area contributed by atoms with Gasteiger partial charge in [-0.2, -0.15) is 0 Å². The van der Waals surface area contributed by atoms with Crippen LogP contribution in [0.1, 0.15) is 34.3 Å². The number of aromatic hydroxyl groups is 1. The van der Waals surface area contributed by atoms with E-state index in [-0.39, 0.29) is 24.3 Å². The van der Waals surface area contributed by atoms with Gasteiger partial charge >= 0.3 is 0 Å². The molecule has 228 valence electrons. The second-order valence-corrected chi connectivity index (χ2v) is 10.8. The van der Waals surface area contributed by atoms with Gasteiger partial charge in [-0.1, -0.05) is 36.4 Å². The van der Waals surface area contributed by atoms with E-state index in [0.717, 1.165) is 13.1 Å². The standard InChI is InChI=1S/C30H38F2N4O6/c1-20-22(9-5-10-25(20)37)27(39)34-23(17-21-7-3-2-4-8-21)26(38)29(41)36-19-30(31,32)18-24(36)28(40)33-11-6-12-35-13-15-42-16-14-35/h2-5,7-10,23-24,26,37-38H,6,11-19H2,1H3,(H,33,40)(H,34,39). The monoisotopic (exact) mass is 588 g/mol. The number of aliphatic hydroxyl groups excluding tert-OH is 1. The van der Waals surface area contributed by atoms with E-state index >= 15 is 0 Å². The molecular formula is C30H38F2N4O6. The average molecular weight is 589 g/mol. The lowest BCUT2D eigenvalue weighted by molar-refractivity contribution is -0.147. The Balaban J connectivity index is 1.46. The zero-order valence-electron chi connectivity index (χ0n) is 23.6. The van der Waals surface area contributed by atoms with Crippen LogP contribution in [0.25, 0.3) is 0 Å². The molecule has 3 unspecified atom stereocenters. The van der Waals surface area contributed by atoms with Crippen LogP contribution in [-0.2, 0) is 20.7 Å². The van der Waals surface area contributed by atoms with Crippen LogP contribution in [0.15, 0.2) is 48.5 Å². The van der Waals surface area contributed by atoms with Crippen LogP contribution < -0.4 is 10.6 Å². The number of carbonyl (C=O) groups excluding carboxylic acids is 3. The normalized spacial score (nSPS) is 20.1. The molecule has 2 aromatic rings. The van der Waals surface area contributed by atoms with Gasteiger partial charge in [0.2, 0.25) is 5.91 Å². The van der Waals surface area contributed by atoms with E-state index in [9.17, 15) is 33.4 Å². The molecule has 2 saturated heterocycles. The molecule has 0 aromatic heterocycles. The molecule has 0 radical (unpaired) electrons. The number of alkyl halides is 2. The molecular weight excluding hydrogens is 550 g/mol. The summed E-state index contributed by atoms with van der Waals surface area (Å²) in [7, 11) is 0. The lowest BCUT2D eigenvalue weighted by Gasteiger charge is -2.30. The molecule has 10 nitrogen and oxygen atoms in total. The van der Waals surface area contributed by atoms with Crippen LogP contribution in [-0.4, -0.2) is 108 Å². The summed E-state index contributed by atoms with van der Waals surface area (Å²) in [6.07, 6.45) is -2.17. The number of phenols is 1. The first-order chi connectivity index (χ1) is 20.1. The molecule has 2 aromatic carbocycles. The topological polar surface area (TPSA) is 131 Å². The van der Waals surface area contributed by atoms with Crippen molar-refractivity contribution < 1.29 is 38.1 Å². The summed E-state index contributed by atoms with van der Waals surface area (Å²) in [6, 6.07) is 10.5. The van der Waals surface area contributed by atoms with Crippen LogP contribution in [0, 0.1) is 6.92 Å². The Labute approximate surface area is 243 Å². The molecule has 2 aliphatic heterocycles. The minimum Gasteiger partial charge on any atom is -0.508 e. The van der Waals surface area contributed by atoms with Crippen LogP contribution in [0.3, 0.4) is 0 Å². The highest BCUT2D eigenvalue weighted by molar-refractivity contribution is 5.97. The number of ether oxygens (including phenoxy) is 1. The number of amides is 3. The first kappa shape index (κ1) is 31.3. The van der Waals surface area contributed by atoms with E-state index in [4.69, 9.17) is 4.74 Å². The summed E-state index contributed by atoms with van der Waals surface area (Å²) in [5.41, 5.74) is 1.12. The lowest BCUT2D eigenvalue weighted by Crippen LogP contribution is -2.56. The van der Waals surface area contributed by atoms with Gasteiger partial charge in [0.05, 0.1) is 25.8 Å². The van der Waals surface area contributed by atoms with Crippen LogP contribution in [0.5, 0.6) is 5.75 Å². The van der Waals surface area contributed by atoms with Gasteiger partial charge in [0.1, 0.15) is 11.8 Å². The second-order valence-electron chi connectivity index (χ2n) is 10.8. The summed E-state index contributed by atoms with van der Waals surface area (Å²) in [5, 5.41) is 26.5. The van der Waals surface area contributed by atoms with Gasteiger partial charge in [-0.25, -0.2) is 8.78 Å². The van der Waals surface area contributed by atoms with Crippen molar-refractivity contribution in [1.29, 1.82) is 0 Å². The highest BCUT2D eigenvalue weighted by Gasteiger charge is 2.51. The number of nitrogens with one attached hydrogen (secondary N) is 2. The van der Waals surface area contributed by atoms with E-state index in [1.54, 1.807) is 37.3 Å². The number of benzene rings is 2. The lowest BCUT2D eigenvalue weighted by atomic mass is 9.98. The van der Waals surface area contributed by atoms with E-state index in [1.807, 2.05) is 0 Å². The van der Waals surface area contributed by atoms with Gasteiger partial charge < -0.3 is 30.5 Å². The largest absolute Gasteiger partial charge is 0.508 e. The second kappa shape index (κ2) is 14.0. The van der Waals surface area contributed by atoms with E-state index in [1.165, 1.54) is 18.2 Å². The van der Waals surface area contributed by atoms with Crippen molar-refractivity contribution in [3.8, 4) is 5.75 Å². The summed E-state index contributed by atoms with van der Waals surface area (Å²) in [5.74, 6) is -5.86. The zero-order chi connectivity index (χ0) is 30.3. The van der Waals surface area contributed by atoms with E-state index in [0.29, 0.717) is 42.2 Å². The fraction of sp³-hybridized carbons (Fsp3) is 0.500. The highest BCUT2D eigenvalue weighted by atomic mass is 19.3. The molecule has 42 heavy (non-hydrogen) atoms. The third-order valence-corrected chi connectivity index (χ3v) is 7.71. The number of hydrogen-bond donors (Lipinski definition) is 4. The Bertz CT molecular complexity index is 1240. The highest BCUT2D eigenvalue weighted by Crippen LogP contribution is 2.33. The summed E-state index contributed by atoms with van der Waals surface area (Å²) in [6.45, 7) is 4.35. The summed E-state index contributed by atoms with van der Waals surface area (Å²) < 4.78 is 34.4. The maximum absolute atomic E-state index is 14.6. The van der Waals surface area contributed by atoms with Gasteiger partial charge in [0, 0.05) is 37.2 Å². The van der Waals surface area contributed by atoms with E-state index in [2.05, 4.69) is 15.5 Å². The Hall–Kier alpha value is -3.61. The van der Waals surface area contributed by atoms with Gasteiger partial charge in [-0.15, -0.1) is 0 Å². The molecule has 0 bridgehead atoms. The third-order valence-electron chi connectivity index (χ3n) is 7.71. The number of rotatable bonds is 11. The minimum absolute atomic E-state index is 0.0139. The maximum atomic E-state index is 14.6. The van der Waals surface area contributed by atoms with Crippen molar-refractivity contribution in [2.75, 3.05) is 45.9 Å². The Morgan fingerprint density at radius 3 is 2.52 bits per heavy atom. The third kappa shape index (κ3) is 8.02. The molecule has 4 N–H and O–H groups in total. The smallest absolute Gasteiger partial charge is 0.267 e. The Morgan fingerprint density at radius 1 is 1.10 bits per heavy atom. The molecule has 2 heterocycles. The van der Waals surface area contributed by atoms with Gasteiger partial charge in [-0.05, 0) is 44.0 Å². The van der Waals surface area contributed by atoms with Crippen molar-refractivity contribution in [2.24, 2.45) is 0 Å². The predicted octanol–water partition coefficient (Wildman–Crippen LogP) is 1.48. The molecule has 12 heteroatoms. The zero-order valence-corrected chi connectivity index (χ0v) is 23.6. The first-order valence-electron chi connectivity index (χ1n) is 14.1. The van der Waals surface area contributed by atoms with Gasteiger partial charge in [0.15, 0.2) is 6.10 Å². The summed E-state index contributed by atoms with van der Waals surface area (Å²) >= 11 is 0. The molecule has 2 aliphatic rings. The van der Waals surface area contributed by atoms with Crippen LogP contribution in [0.2, 0.25) is 0 Å². The SMILES string of the molecule is Cc1c(O)cccc1C(=O)NC(Cc1ccccc1)C(O)C(=O)N1CC(F)(F)CC1C(=O)NCCCN1CCOCC1. The number of hydrogen-bond acceptors (Lipinski definition) is 7. The number of morpholine rings is 1.